The summed E-state index contributed by atoms with van der Waals surface area (Å²) in [5, 5.41) is 0. The zero-order chi connectivity index (χ0) is 29.6. The van der Waals surface area contributed by atoms with Gasteiger partial charge in [0.15, 0.2) is 0 Å². The fourth-order valence-corrected chi connectivity index (χ4v) is 11.2. The molecule has 0 aromatic heterocycles. The number of benzene rings is 5. The normalized spacial score (nSPS) is 17.3. The van der Waals surface area contributed by atoms with Crippen molar-refractivity contribution in [3.63, 3.8) is 0 Å². The Morgan fingerprint density at radius 1 is 0.558 bits per heavy atom. The SMILES string of the molecule is CC(C)(C)c1cc2c3c(c1)Sc1c(ccc4c1-c1ccccc1C4(C)C)B3c1ccc3c(c1S2)-c1ccccc1C3(C)C. The first-order chi connectivity index (χ1) is 20.5. The lowest BCUT2D eigenvalue weighted by atomic mass is 9.36. The summed E-state index contributed by atoms with van der Waals surface area (Å²) in [6, 6.07) is 33.1. The van der Waals surface area contributed by atoms with Crippen molar-refractivity contribution in [2.45, 2.75) is 84.3 Å². The molecule has 0 saturated heterocycles. The molecule has 0 N–H and O–H groups in total. The van der Waals surface area contributed by atoms with Crippen LogP contribution in [0.2, 0.25) is 0 Å². The topological polar surface area (TPSA) is 0 Å². The second-order valence-corrected chi connectivity index (χ2v) is 17.0. The van der Waals surface area contributed by atoms with Gasteiger partial charge < -0.3 is 0 Å². The van der Waals surface area contributed by atoms with Crippen molar-refractivity contribution in [1.82, 2.24) is 0 Å². The van der Waals surface area contributed by atoms with Crippen LogP contribution in [0.4, 0.5) is 0 Å². The standard InChI is InChI=1S/C40H35BS2/c1-38(2,3)22-20-31-35-32(21-22)43-37-30(19-17-28-34(37)24-13-9-11-15-26(24)40(28,6)7)41(35)29-18-16-27-33(36(29)42-31)23-12-8-10-14-25(23)39(27,4)5/h8-21H,1-7H3. The van der Waals surface area contributed by atoms with Gasteiger partial charge in [0, 0.05) is 30.4 Å². The fraction of sp³-hybridized carbons (Fsp3) is 0.250. The molecule has 0 bridgehead atoms. The maximum atomic E-state index is 2.52. The van der Waals surface area contributed by atoms with Crippen LogP contribution in [0, 0.1) is 0 Å². The van der Waals surface area contributed by atoms with Gasteiger partial charge in [-0.05, 0) is 73.1 Å². The molecule has 0 spiro atoms. The minimum Gasteiger partial charge on any atom is -0.0905 e. The number of hydrogen-bond acceptors (Lipinski definition) is 2. The van der Waals surface area contributed by atoms with Gasteiger partial charge in [0.2, 0.25) is 6.71 Å². The minimum atomic E-state index is -0.00332. The van der Waals surface area contributed by atoms with Crippen molar-refractivity contribution in [3.05, 3.63) is 113 Å². The Labute approximate surface area is 264 Å². The van der Waals surface area contributed by atoms with E-state index in [4.69, 9.17) is 0 Å². The van der Waals surface area contributed by atoms with E-state index in [1.54, 1.807) is 0 Å². The van der Waals surface area contributed by atoms with Gasteiger partial charge in [-0.1, -0.05) is 156 Å². The van der Waals surface area contributed by atoms with Crippen LogP contribution in [0.5, 0.6) is 0 Å². The van der Waals surface area contributed by atoms with Crippen molar-refractivity contribution >= 4 is 46.6 Å². The Hall–Kier alpha value is -3.14. The van der Waals surface area contributed by atoms with E-state index in [-0.39, 0.29) is 23.0 Å². The monoisotopic (exact) mass is 590 g/mol. The first-order valence-electron chi connectivity index (χ1n) is 15.6. The minimum absolute atomic E-state index is 0.00332. The highest BCUT2D eigenvalue weighted by Crippen LogP contribution is 2.56. The third-order valence-electron chi connectivity index (χ3n) is 10.8. The fourth-order valence-electron chi connectivity index (χ4n) is 8.42. The zero-order valence-corrected chi connectivity index (χ0v) is 27.6. The molecule has 5 aromatic rings. The molecule has 2 aliphatic heterocycles. The van der Waals surface area contributed by atoms with Crippen LogP contribution in [0.25, 0.3) is 22.3 Å². The molecule has 0 saturated carbocycles. The van der Waals surface area contributed by atoms with Crippen molar-refractivity contribution in [1.29, 1.82) is 0 Å². The first kappa shape index (κ1) is 26.3. The Kier molecular flexibility index (Phi) is 5.08. The van der Waals surface area contributed by atoms with E-state index >= 15 is 0 Å². The Morgan fingerprint density at radius 3 is 1.44 bits per heavy atom. The summed E-state index contributed by atoms with van der Waals surface area (Å²) in [5.41, 5.74) is 17.5. The van der Waals surface area contributed by atoms with Gasteiger partial charge in [0.1, 0.15) is 0 Å². The number of hydrogen-bond donors (Lipinski definition) is 0. The summed E-state index contributed by atoms with van der Waals surface area (Å²) in [7, 11) is 0. The molecule has 0 unspecified atom stereocenters. The maximum absolute atomic E-state index is 2.52. The van der Waals surface area contributed by atoms with E-state index in [0.717, 1.165) is 0 Å². The third-order valence-corrected chi connectivity index (χ3v) is 13.2. The second kappa shape index (κ2) is 8.31. The molecule has 2 aliphatic carbocycles. The van der Waals surface area contributed by atoms with Gasteiger partial charge in [0.25, 0.3) is 0 Å². The Balaban J connectivity index is 1.38. The van der Waals surface area contributed by atoms with Gasteiger partial charge in [0.05, 0.1) is 0 Å². The lowest BCUT2D eigenvalue weighted by Gasteiger charge is -2.36. The van der Waals surface area contributed by atoms with E-state index in [9.17, 15) is 0 Å². The van der Waals surface area contributed by atoms with E-state index in [0.29, 0.717) is 0 Å². The van der Waals surface area contributed by atoms with E-state index in [1.165, 1.54) is 86.0 Å². The van der Waals surface area contributed by atoms with E-state index in [1.807, 2.05) is 23.5 Å². The lowest BCUT2D eigenvalue weighted by molar-refractivity contribution is 0.587. The number of rotatable bonds is 0. The molecule has 210 valence electrons. The van der Waals surface area contributed by atoms with Crippen molar-refractivity contribution in [2.24, 2.45) is 0 Å². The molecule has 0 atom stereocenters. The highest BCUT2D eigenvalue weighted by atomic mass is 32.2. The molecule has 4 aliphatic rings. The van der Waals surface area contributed by atoms with E-state index < -0.39 is 0 Å². The second-order valence-electron chi connectivity index (χ2n) is 14.9. The Bertz CT molecular complexity index is 1940. The highest BCUT2D eigenvalue weighted by Gasteiger charge is 2.46. The zero-order valence-electron chi connectivity index (χ0n) is 26.0. The van der Waals surface area contributed by atoms with Crippen LogP contribution in [-0.2, 0) is 16.2 Å². The average Bonchev–Trinajstić information content (AvgIpc) is 3.36. The van der Waals surface area contributed by atoms with Crippen molar-refractivity contribution in [3.8, 4) is 22.3 Å². The average molecular weight is 591 g/mol. The molecule has 5 aromatic carbocycles. The van der Waals surface area contributed by atoms with Crippen LogP contribution in [0.1, 0.15) is 76.3 Å². The largest absolute Gasteiger partial charge is 0.247 e. The summed E-state index contributed by atoms with van der Waals surface area (Å²) in [5.74, 6) is 0. The van der Waals surface area contributed by atoms with Crippen LogP contribution in [-0.4, -0.2) is 6.71 Å². The maximum Gasteiger partial charge on any atom is 0.247 e. The predicted molar refractivity (Wildman–Crippen MR) is 186 cm³/mol. The molecule has 0 radical (unpaired) electrons. The van der Waals surface area contributed by atoms with E-state index in [2.05, 4.69) is 133 Å². The summed E-state index contributed by atoms with van der Waals surface area (Å²) < 4.78 is 0. The number of fused-ring (bicyclic) bond motifs is 12. The first-order valence-corrected chi connectivity index (χ1v) is 17.2. The summed E-state index contributed by atoms with van der Waals surface area (Å²) in [6.07, 6.45) is 0. The Morgan fingerprint density at radius 2 is 1.00 bits per heavy atom. The van der Waals surface area contributed by atoms with Crippen LogP contribution >= 0.6 is 23.5 Å². The van der Waals surface area contributed by atoms with Crippen LogP contribution in [0.15, 0.2) is 105 Å². The molecule has 0 fully saturated rings. The predicted octanol–water partition coefficient (Wildman–Crippen LogP) is 9.04. The summed E-state index contributed by atoms with van der Waals surface area (Å²) in [6.45, 7) is 16.9. The van der Waals surface area contributed by atoms with Crippen molar-refractivity contribution in [2.75, 3.05) is 0 Å². The highest BCUT2D eigenvalue weighted by molar-refractivity contribution is 8.01. The molecular formula is C40H35BS2. The molecule has 43 heavy (non-hydrogen) atoms. The smallest absolute Gasteiger partial charge is 0.0905 e. The van der Waals surface area contributed by atoms with Crippen LogP contribution in [0.3, 0.4) is 0 Å². The summed E-state index contributed by atoms with van der Waals surface area (Å²) >= 11 is 4.05. The van der Waals surface area contributed by atoms with Crippen LogP contribution < -0.4 is 16.4 Å². The quantitative estimate of drug-likeness (QED) is 0.162. The van der Waals surface area contributed by atoms with Gasteiger partial charge in [-0.15, -0.1) is 0 Å². The van der Waals surface area contributed by atoms with Crippen molar-refractivity contribution < 1.29 is 0 Å². The lowest BCUT2D eigenvalue weighted by Crippen LogP contribution is -2.58. The molecule has 3 heteroatoms. The van der Waals surface area contributed by atoms with Gasteiger partial charge in [-0.3, -0.25) is 0 Å². The summed E-state index contributed by atoms with van der Waals surface area (Å²) in [4.78, 5) is 5.80. The molecular weight excluding hydrogens is 555 g/mol. The van der Waals surface area contributed by atoms with Gasteiger partial charge >= 0.3 is 0 Å². The third kappa shape index (κ3) is 3.28. The molecule has 2 heterocycles. The van der Waals surface area contributed by atoms with Gasteiger partial charge in [-0.25, -0.2) is 0 Å². The molecule has 0 amide bonds. The molecule has 0 nitrogen and oxygen atoms in total. The molecule has 9 rings (SSSR count). The van der Waals surface area contributed by atoms with Gasteiger partial charge in [-0.2, -0.15) is 0 Å².